The van der Waals surface area contributed by atoms with Gasteiger partial charge < -0.3 is 9.47 Å². The fourth-order valence-corrected chi connectivity index (χ4v) is 4.66. The topological polar surface area (TPSA) is 194 Å². The normalized spacial score (nSPS) is 15.1. The third kappa shape index (κ3) is 4.73. The maximum Gasteiger partial charge on any atom is 0.339 e. The lowest BCUT2D eigenvalue weighted by Gasteiger charge is -2.10. The molecule has 1 heterocycles. The molecule has 0 bridgehead atoms. The van der Waals surface area contributed by atoms with Crippen LogP contribution < -0.4 is 0 Å². The first-order valence-corrected chi connectivity index (χ1v) is 11.9. The predicted octanol–water partition coefficient (Wildman–Crippen LogP) is 4.73. The lowest BCUT2D eigenvalue weighted by Crippen LogP contribution is -2.11. The maximum absolute atomic E-state index is 13.1. The van der Waals surface area contributed by atoms with Crippen molar-refractivity contribution < 1.29 is 33.8 Å². The van der Waals surface area contributed by atoms with Crippen LogP contribution in [0.15, 0.2) is 59.6 Å². The molecular weight excluding hydrogens is 528 g/mol. The SMILES string of the molecule is O=C(OCCCC1=N[C@@H](c2ccccc2)CO1)c1cc([N+](=O)[O-])cc2c1-c1c(cc([N+](=O)[O-])cc1[N+](=O)[O-])C2=O. The van der Waals surface area contributed by atoms with Crippen molar-refractivity contribution in [3.05, 3.63) is 107 Å². The number of ketones is 1. The van der Waals surface area contributed by atoms with Crippen LogP contribution in [0, 0.1) is 30.3 Å². The second kappa shape index (κ2) is 10.3. The first kappa shape index (κ1) is 26.1. The van der Waals surface area contributed by atoms with Gasteiger partial charge in [0.1, 0.15) is 12.6 Å². The zero-order valence-corrected chi connectivity index (χ0v) is 20.5. The number of non-ortho nitro benzene ring substituents is 2. The van der Waals surface area contributed by atoms with Crippen LogP contribution in [0.5, 0.6) is 0 Å². The number of fused-ring (bicyclic) bond motifs is 3. The van der Waals surface area contributed by atoms with Crippen LogP contribution in [-0.2, 0) is 9.47 Å². The molecule has 202 valence electrons. The molecule has 0 spiro atoms. The van der Waals surface area contributed by atoms with Crippen molar-refractivity contribution in [2.24, 2.45) is 4.99 Å². The van der Waals surface area contributed by atoms with Gasteiger partial charge in [-0.05, 0) is 12.0 Å². The second-order valence-electron chi connectivity index (χ2n) is 8.90. The van der Waals surface area contributed by atoms with Crippen LogP contribution in [0.4, 0.5) is 17.1 Å². The Balaban J connectivity index is 1.40. The summed E-state index contributed by atoms with van der Waals surface area (Å²) in [5, 5.41) is 34.6. The van der Waals surface area contributed by atoms with Gasteiger partial charge in [0.15, 0.2) is 11.7 Å². The van der Waals surface area contributed by atoms with Gasteiger partial charge in [0.2, 0.25) is 0 Å². The minimum Gasteiger partial charge on any atom is -0.478 e. The van der Waals surface area contributed by atoms with E-state index in [4.69, 9.17) is 9.47 Å². The first-order valence-electron chi connectivity index (χ1n) is 11.9. The molecule has 2 aliphatic rings. The highest BCUT2D eigenvalue weighted by molar-refractivity contribution is 6.26. The average molecular weight is 546 g/mol. The van der Waals surface area contributed by atoms with Crippen LogP contribution in [0.25, 0.3) is 11.1 Å². The molecule has 0 fully saturated rings. The number of benzene rings is 3. The number of nitro benzene ring substituents is 3. The van der Waals surface area contributed by atoms with Crippen LogP contribution in [0.1, 0.15) is 50.7 Å². The van der Waals surface area contributed by atoms with E-state index in [2.05, 4.69) is 4.99 Å². The summed E-state index contributed by atoms with van der Waals surface area (Å²) in [6.07, 6.45) is 0.644. The average Bonchev–Trinajstić information content (AvgIpc) is 3.53. The molecule has 3 aromatic rings. The number of carbonyl (C=O) groups is 2. The summed E-state index contributed by atoms with van der Waals surface area (Å²) in [5.41, 5.74) is -2.91. The Morgan fingerprint density at radius 3 is 2.23 bits per heavy atom. The number of nitro groups is 3. The van der Waals surface area contributed by atoms with Gasteiger partial charge in [-0.25, -0.2) is 9.79 Å². The van der Waals surface area contributed by atoms with E-state index in [0.29, 0.717) is 31.4 Å². The van der Waals surface area contributed by atoms with E-state index < -0.39 is 54.7 Å². The monoisotopic (exact) mass is 546 g/mol. The molecule has 0 unspecified atom stereocenters. The number of carbonyl (C=O) groups excluding carboxylic acids is 2. The van der Waals surface area contributed by atoms with Crippen LogP contribution in [0.2, 0.25) is 0 Å². The largest absolute Gasteiger partial charge is 0.478 e. The minimum atomic E-state index is -1.05. The second-order valence-corrected chi connectivity index (χ2v) is 8.90. The van der Waals surface area contributed by atoms with E-state index in [1.165, 1.54) is 0 Å². The van der Waals surface area contributed by atoms with E-state index in [1.54, 1.807) is 0 Å². The molecular formula is C26H18N4O10. The molecule has 5 rings (SSSR count). The number of aliphatic imine (C=N–C) groups is 1. The highest BCUT2D eigenvalue weighted by atomic mass is 16.6. The zero-order chi connectivity index (χ0) is 28.6. The summed E-state index contributed by atoms with van der Waals surface area (Å²) in [6.45, 7) is 0.237. The Labute approximate surface area is 224 Å². The lowest BCUT2D eigenvalue weighted by atomic mass is 9.97. The van der Waals surface area contributed by atoms with Gasteiger partial charge in [-0.2, -0.15) is 0 Å². The fourth-order valence-electron chi connectivity index (χ4n) is 4.66. The molecule has 3 aromatic carbocycles. The molecule has 0 saturated carbocycles. The van der Waals surface area contributed by atoms with Gasteiger partial charge in [-0.15, -0.1) is 0 Å². The van der Waals surface area contributed by atoms with Crippen molar-refractivity contribution in [2.45, 2.75) is 18.9 Å². The molecule has 0 saturated heterocycles. The molecule has 0 N–H and O–H groups in total. The van der Waals surface area contributed by atoms with E-state index in [0.717, 1.165) is 23.8 Å². The Kier molecular flexibility index (Phi) is 6.73. The lowest BCUT2D eigenvalue weighted by molar-refractivity contribution is -0.393. The standard InChI is InChI=1S/C26H18N4O10/c31-25-17-9-15(28(33)34)11-19(23(17)24-18(25)10-16(29(35)36)12-21(24)30(37)38)26(32)39-8-4-7-22-27-20(13-40-22)14-5-2-1-3-6-14/h1-3,5-6,9-12,20H,4,7-8,13H2/t20-/m1/s1. The van der Waals surface area contributed by atoms with E-state index in [-0.39, 0.29) is 29.3 Å². The summed E-state index contributed by atoms with van der Waals surface area (Å²) in [6, 6.07) is 12.7. The number of hydrogen-bond donors (Lipinski definition) is 0. The van der Waals surface area contributed by atoms with Gasteiger partial charge >= 0.3 is 5.97 Å². The quantitative estimate of drug-likeness (QED) is 0.122. The summed E-state index contributed by atoms with van der Waals surface area (Å²) < 4.78 is 10.9. The molecule has 0 amide bonds. The van der Waals surface area contributed by atoms with Crippen molar-refractivity contribution in [3.63, 3.8) is 0 Å². The first-order chi connectivity index (χ1) is 19.2. The van der Waals surface area contributed by atoms with E-state index in [9.17, 15) is 39.9 Å². The van der Waals surface area contributed by atoms with Gasteiger partial charge in [-0.1, -0.05) is 30.3 Å². The summed E-state index contributed by atoms with van der Waals surface area (Å²) in [7, 11) is 0. The number of nitrogens with zero attached hydrogens (tertiary/aromatic N) is 4. The van der Waals surface area contributed by atoms with Gasteiger partial charge in [0.05, 0.1) is 38.6 Å². The van der Waals surface area contributed by atoms with Crippen LogP contribution >= 0.6 is 0 Å². The molecule has 0 aromatic heterocycles. The maximum atomic E-state index is 13.1. The summed E-state index contributed by atoms with van der Waals surface area (Å²) >= 11 is 0. The fraction of sp³-hybridized carbons (Fsp3) is 0.192. The molecule has 1 atom stereocenters. The van der Waals surface area contributed by atoms with Crippen molar-refractivity contribution in [1.82, 2.24) is 0 Å². The molecule has 14 nitrogen and oxygen atoms in total. The van der Waals surface area contributed by atoms with Crippen molar-refractivity contribution in [3.8, 4) is 11.1 Å². The number of hydrogen-bond acceptors (Lipinski definition) is 11. The molecule has 40 heavy (non-hydrogen) atoms. The van der Waals surface area contributed by atoms with E-state index >= 15 is 0 Å². The molecule has 14 heteroatoms. The van der Waals surface area contributed by atoms with Crippen LogP contribution in [0.3, 0.4) is 0 Å². The third-order valence-electron chi connectivity index (χ3n) is 6.46. The number of esters is 1. The number of ether oxygens (including phenoxy) is 2. The van der Waals surface area contributed by atoms with Gasteiger partial charge in [-0.3, -0.25) is 35.1 Å². The Morgan fingerprint density at radius 1 is 0.925 bits per heavy atom. The van der Waals surface area contributed by atoms with Crippen molar-refractivity contribution in [2.75, 3.05) is 13.2 Å². The van der Waals surface area contributed by atoms with Crippen LogP contribution in [-0.4, -0.2) is 45.6 Å². The van der Waals surface area contributed by atoms with Crippen molar-refractivity contribution >= 4 is 34.7 Å². The smallest absolute Gasteiger partial charge is 0.339 e. The predicted molar refractivity (Wildman–Crippen MR) is 137 cm³/mol. The summed E-state index contributed by atoms with van der Waals surface area (Å²) in [5.74, 6) is -1.48. The van der Waals surface area contributed by atoms with Gasteiger partial charge in [0.25, 0.3) is 17.1 Å². The van der Waals surface area contributed by atoms with Crippen molar-refractivity contribution in [1.29, 1.82) is 0 Å². The third-order valence-corrected chi connectivity index (χ3v) is 6.46. The highest BCUT2D eigenvalue weighted by Crippen LogP contribution is 2.47. The Hall–Kier alpha value is -5.53. The summed E-state index contributed by atoms with van der Waals surface area (Å²) in [4.78, 5) is 62.6. The number of rotatable bonds is 9. The zero-order valence-electron chi connectivity index (χ0n) is 20.5. The minimum absolute atomic E-state index is 0.141. The Bertz CT molecular complexity index is 1630. The van der Waals surface area contributed by atoms with E-state index in [1.807, 2.05) is 30.3 Å². The highest BCUT2D eigenvalue weighted by Gasteiger charge is 2.40. The molecule has 1 aliphatic carbocycles. The Morgan fingerprint density at radius 2 is 1.57 bits per heavy atom. The molecule has 1 aliphatic heterocycles. The van der Waals surface area contributed by atoms with Gasteiger partial charge in [0, 0.05) is 41.3 Å². The molecule has 0 radical (unpaired) electrons.